The molecule has 0 aliphatic rings. The van der Waals surface area contributed by atoms with Crippen molar-refractivity contribution in [2.24, 2.45) is 0 Å². The number of rotatable bonds is 3. The van der Waals surface area contributed by atoms with Crippen LogP contribution in [0.2, 0.25) is 0 Å². The zero-order chi connectivity index (χ0) is 17.2. The number of aromatic nitrogens is 2. The van der Waals surface area contributed by atoms with E-state index >= 15 is 0 Å². The van der Waals surface area contributed by atoms with Crippen LogP contribution in [0.1, 0.15) is 31.9 Å². The summed E-state index contributed by atoms with van der Waals surface area (Å²) in [5, 5.41) is 7.16. The molecule has 1 aromatic heterocycles. The molecule has 0 radical (unpaired) electrons. The van der Waals surface area contributed by atoms with E-state index in [2.05, 4.69) is 10.4 Å². The van der Waals surface area contributed by atoms with Gasteiger partial charge in [0, 0.05) is 17.2 Å². The van der Waals surface area contributed by atoms with Gasteiger partial charge < -0.3 is 5.32 Å². The molecular formula is C18H23N3O2. The molecule has 0 aliphatic carbocycles. The lowest BCUT2D eigenvalue weighted by atomic mass is 10.0. The van der Waals surface area contributed by atoms with Crippen molar-refractivity contribution in [3.05, 3.63) is 51.8 Å². The molecule has 2 aromatic rings. The summed E-state index contributed by atoms with van der Waals surface area (Å²) in [4.78, 5) is 24.0. The summed E-state index contributed by atoms with van der Waals surface area (Å²) in [6.07, 6.45) is 0. The second-order valence-electron chi connectivity index (χ2n) is 6.81. The lowest BCUT2D eigenvalue weighted by Gasteiger charge is -2.20. The van der Waals surface area contributed by atoms with Crippen LogP contribution in [0.5, 0.6) is 0 Å². The van der Waals surface area contributed by atoms with Crippen LogP contribution >= 0.6 is 0 Å². The third-order valence-electron chi connectivity index (χ3n) is 3.48. The van der Waals surface area contributed by atoms with Gasteiger partial charge in [-0.15, -0.1) is 0 Å². The topological polar surface area (TPSA) is 64.0 Å². The highest BCUT2D eigenvalue weighted by atomic mass is 16.2. The summed E-state index contributed by atoms with van der Waals surface area (Å²) in [6.45, 7) is 9.68. The van der Waals surface area contributed by atoms with Gasteiger partial charge in [-0.1, -0.05) is 12.1 Å². The Morgan fingerprint density at radius 1 is 1.13 bits per heavy atom. The molecule has 5 heteroatoms. The molecule has 122 valence electrons. The Balaban J connectivity index is 2.30. The smallest absolute Gasteiger partial charge is 0.267 e. The highest BCUT2D eigenvalue weighted by Gasteiger charge is 2.15. The van der Waals surface area contributed by atoms with E-state index in [1.54, 1.807) is 6.07 Å². The van der Waals surface area contributed by atoms with Gasteiger partial charge in [0.25, 0.3) is 5.56 Å². The number of aryl methyl sites for hydroxylation is 2. The van der Waals surface area contributed by atoms with E-state index in [1.807, 2.05) is 52.8 Å². The Hall–Kier alpha value is -2.43. The monoisotopic (exact) mass is 313 g/mol. The van der Waals surface area contributed by atoms with Crippen LogP contribution in [-0.4, -0.2) is 21.2 Å². The summed E-state index contributed by atoms with van der Waals surface area (Å²) in [5.41, 5.74) is 3.34. The molecule has 0 bridgehead atoms. The van der Waals surface area contributed by atoms with E-state index in [-0.39, 0.29) is 23.6 Å². The normalized spacial score (nSPS) is 11.3. The molecule has 1 N–H and O–H groups in total. The first-order chi connectivity index (χ1) is 10.7. The molecule has 0 fully saturated rings. The molecule has 0 aliphatic heterocycles. The average molecular weight is 313 g/mol. The van der Waals surface area contributed by atoms with Gasteiger partial charge in [0.05, 0.1) is 5.69 Å². The molecule has 0 spiro atoms. The third kappa shape index (κ3) is 4.52. The second-order valence-corrected chi connectivity index (χ2v) is 6.81. The number of nitrogens with one attached hydrogen (secondary N) is 1. The maximum atomic E-state index is 12.0. The Morgan fingerprint density at radius 3 is 2.43 bits per heavy atom. The molecule has 1 aromatic carbocycles. The van der Waals surface area contributed by atoms with E-state index in [4.69, 9.17) is 0 Å². The van der Waals surface area contributed by atoms with Crippen LogP contribution in [0.3, 0.4) is 0 Å². The number of amides is 1. The molecule has 0 saturated heterocycles. The van der Waals surface area contributed by atoms with Crippen molar-refractivity contribution in [3.8, 4) is 11.3 Å². The van der Waals surface area contributed by atoms with E-state index in [0.717, 1.165) is 11.1 Å². The van der Waals surface area contributed by atoms with Crippen LogP contribution in [0.25, 0.3) is 11.3 Å². The maximum Gasteiger partial charge on any atom is 0.267 e. The number of hydrogen-bond acceptors (Lipinski definition) is 3. The second kappa shape index (κ2) is 6.36. The van der Waals surface area contributed by atoms with Crippen LogP contribution < -0.4 is 10.9 Å². The predicted molar refractivity (Wildman–Crippen MR) is 91.3 cm³/mol. The zero-order valence-electron chi connectivity index (χ0n) is 14.3. The van der Waals surface area contributed by atoms with Crippen LogP contribution in [0.4, 0.5) is 0 Å². The molecule has 5 nitrogen and oxygen atoms in total. The number of benzene rings is 1. The lowest BCUT2D eigenvalue weighted by molar-refractivity contribution is -0.123. The van der Waals surface area contributed by atoms with Crippen molar-refractivity contribution in [2.75, 3.05) is 0 Å². The number of hydrogen-bond donors (Lipinski definition) is 1. The Bertz CT molecular complexity index is 786. The van der Waals surface area contributed by atoms with Crippen LogP contribution in [0.15, 0.2) is 35.1 Å². The summed E-state index contributed by atoms with van der Waals surface area (Å²) in [5.74, 6) is -0.232. The van der Waals surface area contributed by atoms with Crippen molar-refractivity contribution in [2.45, 2.75) is 46.7 Å². The van der Waals surface area contributed by atoms with Gasteiger partial charge >= 0.3 is 0 Å². The van der Waals surface area contributed by atoms with E-state index in [9.17, 15) is 9.59 Å². The summed E-state index contributed by atoms with van der Waals surface area (Å²) < 4.78 is 1.20. The lowest BCUT2D eigenvalue weighted by Crippen LogP contribution is -2.43. The van der Waals surface area contributed by atoms with Crippen molar-refractivity contribution in [3.63, 3.8) is 0 Å². The Labute approximate surface area is 136 Å². The minimum Gasteiger partial charge on any atom is -0.350 e. The standard InChI is InChI=1S/C18H23N3O2/c1-12-6-7-14(10-13(12)2)15-8-9-17(23)21(20-15)11-16(22)19-18(3,4)5/h6-10H,11H2,1-5H3,(H,19,22). The first-order valence-electron chi connectivity index (χ1n) is 7.62. The first kappa shape index (κ1) is 16.9. The van der Waals surface area contributed by atoms with Gasteiger partial charge in [-0.05, 0) is 57.9 Å². The van der Waals surface area contributed by atoms with E-state index in [1.165, 1.54) is 16.3 Å². The van der Waals surface area contributed by atoms with E-state index < -0.39 is 0 Å². The van der Waals surface area contributed by atoms with Crippen molar-refractivity contribution < 1.29 is 4.79 Å². The molecule has 0 unspecified atom stereocenters. The van der Waals surface area contributed by atoms with Crippen LogP contribution in [0, 0.1) is 13.8 Å². The fourth-order valence-electron chi connectivity index (χ4n) is 2.21. The predicted octanol–water partition coefficient (Wildman–Crippen LogP) is 2.44. The fourth-order valence-corrected chi connectivity index (χ4v) is 2.21. The van der Waals surface area contributed by atoms with Crippen molar-refractivity contribution in [1.82, 2.24) is 15.1 Å². The summed E-state index contributed by atoms with van der Waals surface area (Å²) >= 11 is 0. The largest absolute Gasteiger partial charge is 0.350 e. The first-order valence-corrected chi connectivity index (χ1v) is 7.62. The van der Waals surface area contributed by atoms with Crippen molar-refractivity contribution >= 4 is 5.91 Å². The third-order valence-corrected chi connectivity index (χ3v) is 3.48. The minimum absolute atomic E-state index is 0.0885. The van der Waals surface area contributed by atoms with Gasteiger partial charge in [0.1, 0.15) is 6.54 Å². The molecule has 2 rings (SSSR count). The fraction of sp³-hybridized carbons (Fsp3) is 0.389. The minimum atomic E-state index is -0.341. The van der Waals surface area contributed by atoms with Crippen molar-refractivity contribution in [1.29, 1.82) is 0 Å². The van der Waals surface area contributed by atoms with E-state index in [0.29, 0.717) is 5.69 Å². The molecule has 23 heavy (non-hydrogen) atoms. The number of carbonyl (C=O) groups is 1. The van der Waals surface area contributed by atoms with Gasteiger partial charge in [0.15, 0.2) is 0 Å². The van der Waals surface area contributed by atoms with Gasteiger partial charge in [-0.2, -0.15) is 5.10 Å². The maximum absolute atomic E-state index is 12.0. The highest BCUT2D eigenvalue weighted by Crippen LogP contribution is 2.19. The average Bonchev–Trinajstić information content (AvgIpc) is 2.42. The number of nitrogens with zero attached hydrogens (tertiary/aromatic N) is 2. The van der Waals surface area contributed by atoms with Gasteiger partial charge in [-0.3, -0.25) is 9.59 Å². The molecule has 1 amide bonds. The molecule has 1 heterocycles. The molecule has 0 atom stereocenters. The zero-order valence-corrected chi connectivity index (χ0v) is 14.3. The molecule has 0 saturated carbocycles. The van der Waals surface area contributed by atoms with Gasteiger partial charge in [0.2, 0.25) is 5.91 Å². The quantitative estimate of drug-likeness (QED) is 0.946. The van der Waals surface area contributed by atoms with Crippen LogP contribution in [-0.2, 0) is 11.3 Å². The summed E-state index contributed by atoms with van der Waals surface area (Å²) in [7, 11) is 0. The Morgan fingerprint density at radius 2 is 1.83 bits per heavy atom. The summed E-state index contributed by atoms with van der Waals surface area (Å²) in [6, 6.07) is 9.15. The molecular weight excluding hydrogens is 290 g/mol. The number of carbonyl (C=O) groups excluding carboxylic acids is 1. The SMILES string of the molecule is Cc1ccc(-c2ccc(=O)n(CC(=O)NC(C)(C)C)n2)cc1C. The Kier molecular flexibility index (Phi) is 4.68. The highest BCUT2D eigenvalue weighted by molar-refractivity contribution is 5.76. The van der Waals surface area contributed by atoms with Gasteiger partial charge in [-0.25, -0.2) is 4.68 Å².